The molecule has 2 aromatic carbocycles. The maximum Gasteiger partial charge on any atom is 0.245 e. The van der Waals surface area contributed by atoms with E-state index in [2.05, 4.69) is 20.3 Å². The summed E-state index contributed by atoms with van der Waals surface area (Å²) in [7, 11) is 0. The molecule has 8 heteroatoms. The van der Waals surface area contributed by atoms with Crippen molar-refractivity contribution in [2.24, 2.45) is 0 Å². The molecule has 4 rings (SSSR count). The number of phenolic OH excluding ortho intramolecular Hbond substituents is 1. The number of imidazole rings is 1. The third-order valence-electron chi connectivity index (χ3n) is 3.81. The molecule has 26 heavy (non-hydrogen) atoms. The lowest BCUT2D eigenvalue weighted by Gasteiger charge is -2.08. The molecule has 0 aliphatic heterocycles. The summed E-state index contributed by atoms with van der Waals surface area (Å²) >= 11 is 6.02. The zero-order valence-corrected chi connectivity index (χ0v) is 14.3. The number of hydrogen-bond donors (Lipinski definition) is 2. The standard InChI is InChI=1S/C18H14ClN6O/c19-12-4-2-5-13(8-12)22-16-15-17(24-18(20)23-16)25(10-21-15)9-11-3-1-6-14(26)7-11/h1-8,10,20,26H,9H2,(H,22,23,24). The normalized spacial score (nSPS) is 11.0. The van der Waals surface area contributed by atoms with Crippen molar-refractivity contribution < 1.29 is 5.11 Å². The molecule has 2 heterocycles. The summed E-state index contributed by atoms with van der Waals surface area (Å²) in [5.41, 5.74) is 10.7. The highest BCUT2D eigenvalue weighted by atomic mass is 35.5. The highest BCUT2D eigenvalue weighted by Crippen LogP contribution is 2.26. The van der Waals surface area contributed by atoms with E-state index >= 15 is 0 Å². The molecule has 3 N–H and O–H groups in total. The largest absolute Gasteiger partial charge is 0.508 e. The van der Waals surface area contributed by atoms with Crippen LogP contribution >= 0.6 is 11.6 Å². The molecule has 0 aliphatic carbocycles. The topological polar surface area (TPSA) is 99.7 Å². The molecule has 0 unspecified atom stereocenters. The summed E-state index contributed by atoms with van der Waals surface area (Å²) in [5.74, 6) is 0.530. The van der Waals surface area contributed by atoms with Gasteiger partial charge in [0.1, 0.15) is 5.75 Å². The Hall–Kier alpha value is -3.32. The Bertz CT molecular complexity index is 1090. The highest BCUT2D eigenvalue weighted by molar-refractivity contribution is 6.30. The lowest BCUT2D eigenvalue weighted by molar-refractivity contribution is 0.474. The molecule has 0 atom stereocenters. The number of halogens is 1. The number of fused-ring (bicyclic) bond motifs is 1. The van der Waals surface area contributed by atoms with Crippen LogP contribution < -0.4 is 11.1 Å². The van der Waals surface area contributed by atoms with E-state index in [0.717, 1.165) is 11.3 Å². The molecule has 0 saturated heterocycles. The number of benzene rings is 2. The van der Waals surface area contributed by atoms with Gasteiger partial charge in [-0.15, -0.1) is 0 Å². The smallest absolute Gasteiger partial charge is 0.245 e. The number of hydrogen-bond acceptors (Lipinski definition) is 5. The van der Waals surface area contributed by atoms with Crippen LogP contribution in [0.15, 0.2) is 54.9 Å². The van der Waals surface area contributed by atoms with Gasteiger partial charge in [-0.2, -0.15) is 9.97 Å². The predicted octanol–water partition coefficient (Wildman–Crippen LogP) is 3.89. The summed E-state index contributed by atoms with van der Waals surface area (Å²) in [5, 5.41) is 13.4. The van der Waals surface area contributed by atoms with Crippen LogP contribution in [-0.4, -0.2) is 24.6 Å². The lowest BCUT2D eigenvalue weighted by Crippen LogP contribution is -2.02. The number of aromatic nitrogens is 4. The fourth-order valence-electron chi connectivity index (χ4n) is 2.70. The molecule has 129 valence electrons. The number of rotatable bonds is 4. The Kier molecular flexibility index (Phi) is 4.06. The molecule has 4 aromatic rings. The van der Waals surface area contributed by atoms with Crippen LogP contribution in [0.3, 0.4) is 0 Å². The van der Waals surface area contributed by atoms with Gasteiger partial charge in [0.15, 0.2) is 17.0 Å². The maximum atomic E-state index is 9.63. The van der Waals surface area contributed by atoms with Gasteiger partial charge in [-0.05, 0) is 35.9 Å². The first-order valence-corrected chi connectivity index (χ1v) is 8.21. The molecule has 0 aliphatic rings. The van der Waals surface area contributed by atoms with Gasteiger partial charge < -0.3 is 15.0 Å². The molecule has 0 amide bonds. The average molecular weight is 366 g/mol. The molecular formula is C18H14ClN6O. The van der Waals surface area contributed by atoms with E-state index in [1.54, 1.807) is 36.7 Å². The Labute approximate surface area is 154 Å². The lowest BCUT2D eigenvalue weighted by atomic mass is 10.2. The Morgan fingerprint density at radius 3 is 2.77 bits per heavy atom. The molecule has 0 saturated carbocycles. The summed E-state index contributed by atoms with van der Waals surface area (Å²) in [6.07, 6.45) is 1.64. The van der Waals surface area contributed by atoms with Crippen molar-refractivity contribution in [2.75, 3.05) is 5.32 Å². The molecule has 2 aromatic heterocycles. The second-order valence-corrected chi connectivity index (χ2v) is 6.18. The fraction of sp³-hybridized carbons (Fsp3) is 0.0556. The maximum absolute atomic E-state index is 9.63. The number of nitrogens with one attached hydrogen (secondary N) is 2. The van der Waals surface area contributed by atoms with Gasteiger partial charge in [-0.25, -0.2) is 4.98 Å². The van der Waals surface area contributed by atoms with E-state index in [9.17, 15) is 5.11 Å². The van der Waals surface area contributed by atoms with Gasteiger partial charge in [0.2, 0.25) is 5.95 Å². The SMILES string of the molecule is [NH]c1nc(Nc2cccc(Cl)c2)c2ncn(Cc3cccc(O)c3)c2n1. The molecule has 0 spiro atoms. The number of anilines is 2. The van der Waals surface area contributed by atoms with Gasteiger partial charge in [-0.1, -0.05) is 29.8 Å². The second kappa shape index (κ2) is 6.53. The van der Waals surface area contributed by atoms with E-state index in [4.69, 9.17) is 17.3 Å². The van der Waals surface area contributed by atoms with Crippen molar-refractivity contribution in [3.8, 4) is 5.75 Å². The zero-order chi connectivity index (χ0) is 18.1. The van der Waals surface area contributed by atoms with Crippen molar-refractivity contribution in [3.05, 3.63) is 65.4 Å². The number of aromatic hydroxyl groups is 1. The quantitative estimate of drug-likeness (QED) is 0.571. The van der Waals surface area contributed by atoms with E-state index in [1.807, 2.05) is 22.8 Å². The first-order valence-electron chi connectivity index (χ1n) is 7.83. The Morgan fingerprint density at radius 2 is 1.96 bits per heavy atom. The van der Waals surface area contributed by atoms with Crippen LogP contribution in [0, 0.1) is 0 Å². The molecular weight excluding hydrogens is 352 g/mol. The summed E-state index contributed by atoms with van der Waals surface area (Å²) in [4.78, 5) is 12.7. The molecule has 1 radical (unpaired) electrons. The number of phenols is 1. The first-order chi connectivity index (χ1) is 12.6. The minimum absolute atomic E-state index is 0.111. The van der Waals surface area contributed by atoms with Crippen LogP contribution in [0.4, 0.5) is 17.5 Å². The second-order valence-electron chi connectivity index (χ2n) is 5.75. The zero-order valence-electron chi connectivity index (χ0n) is 13.5. The predicted molar refractivity (Wildman–Crippen MR) is 100 cm³/mol. The van der Waals surface area contributed by atoms with Gasteiger partial charge in [0, 0.05) is 10.7 Å². The van der Waals surface area contributed by atoms with Gasteiger partial charge in [0.25, 0.3) is 0 Å². The Balaban J connectivity index is 1.73. The van der Waals surface area contributed by atoms with Crippen LogP contribution in [-0.2, 0) is 6.54 Å². The van der Waals surface area contributed by atoms with Crippen LogP contribution in [0.2, 0.25) is 5.02 Å². The van der Waals surface area contributed by atoms with E-state index < -0.39 is 0 Å². The van der Waals surface area contributed by atoms with Gasteiger partial charge >= 0.3 is 0 Å². The van der Waals surface area contributed by atoms with E-state index in [1.165, 1.54) is 0 Å². The van der Waals surface area contributed by atoms with Crippen molar-refractivity contribution in [3.63, 3.8) is 0 Å². The van der Waals surface area contributed by atoms with Crippen molar-refractivity contribution >= 4 is 40.2 Å². The average Bonchev–Trinajstić information content (AvgIpc) is 2.98. The summed E-state index contributed by atoms with van der Waals surface area (Å²) < 4.78 is 1.81. The van der Waals surface area contributed by atoms with Crippen molar-refractivity contribution in [2.45, 2.75) is 6.54 Å². The van der Waals surface area contributed by atoms with Gasteiger partial charge in [-0.3, -0.25) is 5.73 Å². The monoisotopic (exact) mass is 365 g/mol. The third kappa shape index (κ3) is 3.25. The van der Waals surface area contributed by atoms with Crippen molar-refractivity contribution in [1.82, 2.24) is 25.3 Å². The first kappa shape index (κ1) is 16.2. The van der Waals surface area contributed by atoms with Crippen LogP contribution in [0.1, 0.15) is 5.56 Å². The fourth-order valence-corrected chi connectivity index (χ4v) is 2.89. The van der Waals surface area contributed by atoms with E-state index in [0.29, 0.717) is 28.5 Å². The minimum Gasteiger partial charge on any atom is -0.508 e. The summed E-state index contributed by atoms with van der Waals surface area (Å²) in [6, 6.07) is 14.2. The highest BCUT2D eigenvalue weighted by Gasteiger charge is 2.13. The Morgan fingerprint density at radius 1 is 1.12 bits per heavy atom. The van der Waals surface area contributed by atoms with Crippen LogP contribution in [0.25, 0.3) is 11.2 Å². The molecule has 7 nitrogen and oxygen atoms in total. The molecule has 0 bridgehead atoms. The molecule has 0 fully saturated rings. The summed E-state index contributed by atoms with van der Waals surface area (Å²) in [6.45, 7) is 0.470. The minimum atomic E-state index is -0.111. The van der Waals surface area contributed by atoms with Crippen LogP contribution in [0.5, 0.6) is 5.75 Å². The van der Waals surface area contributed by atoms with Crippen molar-refractivity contribution in [1.29, 1.82) is 0 Å². The van der Waals surface area contributed by atoms with Gasteiger partial charge in [0.05, 0.1) is 12.9 Å². The third-order valence-corrected chi connectivity index (χ3v) is 4.05. The van der Waals surface area contributed by atoms with E-state index in [-0.39, 0.29) is 11.7 Å². The number of nitrogens with zero attached hydrogens (tertiary/aromatic N) is 4.